The third-order valence-electron chi connectivity index (χ3n) is 6.28. The summed E-state index contributed by atoms with van der Waals surface area (Å²) in [5.74, 6) is -2.21. The lowest BCUT2D eigenvalue weighted by molar-refractivity contribution is -0.168. The number of hydrogen-bond donors (Lipinski definition) is 3. The van der Waals surface area contributed by atoms with Crippen molar-refractivity contribution in [2.75, 3.05) is 18.4 Å². The number of likely N-dealkylation sites (tertiary alicyclic amines) is 1. The topological polar surface area (TPSA) is 107 Å². The van der Waals surface area contributed by atoms with Crippen molar-refractivity contribution in [1.82, 2.24) is 15.2 Å². The van der Waals surface area contributed by atoms with Gasteiger partial charge in [-0.1, -0.05) is 12.2 Å². The van der Waals surface area contributed by atoms with E-state index in [0.29, 0.717) is 31.6 Å². The van der Waals surface area contributed by atoms with Crippen molar-refractivity contribution in [3.63, 3.8) is 0 Å². The molecule has 15 heteroatoms. The van der Waals surface area contributed by atoms with Crippen molar-refractivity contribution in [3.05, 3.63) is 23.4 Å². The van der Waals surface area contributed by atoms with Gasteiger partial charge in [0.1, 0.15) is 11.4 Å². The van der Waals surface area contributed by atoms with Crippen molar-refractivity contribution in [3.8, 4) is 0 Å². The van der Waals surface area contributed by atoms with Crippen LogP contribution in [0.15, 0.2) is 17.3 Å². The first-order chi connectivity index (χ1) is 18.0. The van der Waals surface area contributed by atoms with Crippen LogP contribution in [0.3, 0.4) is 0 Å². The Bertz CT molecular complexity index is 1160. The normalized spacial score (nSPS) is 18.0. The number of pyridine rings is 1. The largest absolute Gasteiger partial charge is 0.417 e. The minimum absolute atomic E-state index is 0.171. The van der Waals surface area contributed by atoms with E-state index in [-0.39, 0.29) is 18.3 Å². The molecule has 2 heterocycles. The van der Waals surface area contributed by atoms with Gasteiger partial charge in [-0.3, -0.25) is 14.6 Å². The van der Waals surface area contributed by atoms with Crippen molar-refractivity contribution < 1.29 is 41.0 Å². The number of alkyl halides is 6. The Hall–Kier alpha value is -2.81. The van der Waals surface area contributed by atoms with E-state index < -0.39 is 63.2 Å². The van der Waals surface area contributed by atoms with Crippen LogP contribution in [-0.4, -0.2) is 79.9 Å². The number of aromatic nitrogens is 1. The first-order valence-corrected chi connectivity index (χ1v) is 12.8. The molecule has 1 aromatic heterocycles. The van der Waals surface area contributed by atoms with E-state index in [1.807, 2.05) is 5.32 Å². The lowest BCUT2D eigenvalue weighted by Crippen LogP contribution is -2.46. The number of carbonyl (C=O) groups excluding carboxylic acids is 2. The second kappa shape index (κ2) is 12.0. The first kappa shape index (κ1) is 33.4. The molecule has 2 rings (SSSR count). The van der Waals surface area contributed by atoms with Gasteiger partial charge >= 0.3 is 12.4 Å². The lowest BCUT2D eigenvalue weighted by Gasteiger charge is -2.30. The van der Waals surface area contributed by atoms with Crippen LogP contribution in [0.5, 0.6) is 0 Å². The first-order valence-electron chi connectivity index (χ1n) is 12.4. The van der Waals surface area contributed by atoms with E-state index in [0.717, 1.165) is 13.8 Å². The number of nitrogens with one attached hydrogen (secondary N) is 2. The average Bonchev–Trinajstić information content (AvgIpc) is 3.23. The van der Waals surface area contributed by atoms with Gasteiger partial charge in [-0.25, -0.2) is 4.98 Å². The fourth-order valence-corrected chi connectivity index (χ4v) is 4.13. The maximum atomic E-state index is 14.1. The number of nitrogens with zero attached hydrogens (tertiary/aromatic N) is 3. The summed E-state index contributed by atoms with van der Waals surface area (Å²) in [7, 11) is 0. The van der Waals surface area contributed by atoms with E-state index in [4.69, 9.17) is 12.2 Å². The van der Waals surface area contributed by atoms with Gasteiger partial charge < -0.3 is 20.6 Å². The second-order valence-corrected chi connectivity index (χ2v) is 11.3. The Morgan fingerprint density at radius 1 is 1.20 bits per heavy atom. The molecule has 3 N–H and O–H groups in total. The number of carbonyl (C=O) groups is 2. The molecule has 0 aliphatic carbocycles. The van der Waals surface area contributed by atoms with Crippen molar-refractivity contribution in [2.24, 2.45) is 4.99 Å². The number of rotatable bonds is 9. The summed E-state index contributed by atoms with van der Waals surface area (Å²) < 4.78 is 82.3. The highest BCUT2D eigenvalue weighted by atomic mass is 32.1. The molecular weight excluding hydrogens is 564 g/mol. The second-order valence-electron chi connectivity index (χ2n) is 10.9. The van der Waals surface area contributed by atoms with Gasteiger partial charge in [0.2, 0.25) is 0 Å². The summed E-state index contributed by atoms with van der Waals surface area (Å²) in [4.78, 5) is 34.7. The molecule has 2 atom stereocenters. The van der Waals surface area contributed by atoms with Crippen LogP contribution >= 0.6 is 12.2 Å². The SMILES string of the molecule is CC(=NC(C(=O)N1CCC[C@@H]1C)C(=S)c1cnc(NC(C)(C)C(F)(F)F)cc1C(F)(F)F)C(=O)NCC(C)(C)O. The summed E-state index contributed by atoms with van der Waals surface area (Å²) >= 11 is 5.32. The third-order valence-corrected chi connectivity index (χ3v) is 6.72. The van der Waals surface area contributed by atoms with E-state index in [2.05, 4.69) is 15.3 Å². The van der Waals surface area contributed by atoms with Crippen LogP contribution in [0.1, 0.15) is 65.5 Å². The van der Waals surface area contributed by atoms with Crippen molar-refractivity contribution in [1.29, 1.82) is 0 Å². The van der Waals surface area contributed by atoms with E-state index in [1.54, 1.807) is 6.92 Å². The van der Waals surface area contributed by atoms with E-state index in [1.165, 1.54) is 25.7 Å². The molecule has 1 aromatic rings. The molecule has 2 amide bonds. The molecular formula is C25H33F6N5O3S. The highest BCUT2D eigenvalue weighted by molar-refractivity contribution is 7.81. The Kier molecular flexibility index (Phi) is 9.99. The Labute approximate surface area is 233 Å². The van der Waals surface area contributed by atoms with Gasteiger partial charge in [-0.05, 0) is 60.5 Å². The van der Waals surface area contributed by atoms with Crippen LogP contribution in [0.2, 0.25) is 0 Å². The smallest absolute Gasteiger partial charge is 0.389 e. The third kappa shape index (κ3) is 8.35. The molecule has 224 valence electrons. The van der Waals surface area contributed by atoms with Crippen molar-refractivity contribution >= 4 is 40.4 Å². The average molecular weight is 598 g/mol. The summed E-state index contributed by atoms with van der Waals surface area (Å²) in [6.45, 7) is 7.49. The van der Waals surface area contributed by atoms with Crippen LogP contribution < -0.4 is 10.6 Å². The maximum absolute atomic E-state index is 14.1. The molecule has 1 aliphatic heterocycles. The van der Waals surface area contributed by atoms with Crippen LogP contribution in [0.25, 0.3) is 0 Å². The van der Waals surface area contributed by atoms with E-state index in [9.17, 15) is 41.0 Å². The molecule has 1 unspecified atom stereocenters. The van der Waals surface area contributed by atoms with Crippen LogP contribution in [0.4, 0.5) is 32.2 Å². The fourth-order valence-electron chi connectivity index (χ4n) is 3.81. The monoisotopic (exact) mass is 597 g/mol. The number of aliphatic hydroxyl groups is 1. The van der Waals surface area contributed by atoms with Gasteiger partial charge in [0.05, 0.1) is 21.7 Å². The lowest BCUT2D eigenvalue weighted by atomic mass is 9.99. The highest BCUT2D eigenvalue weighted by Crippen LogP contribution is 2.37. The molecule has 0 radical (unpaired) electrons. The summed E-state index contributed by atoms with van der Waals surface area (Å²) in [5, 5.41) is 14.2. The zero-order chi connectivity index (χ0) is 30.8. The zero-order valence-electron chi connectivity index (χ0n) is 22.9. The van der Waals surface area contributed by atoms with Gasteiger partial charge in [0, 0.05) is 30.9 Å². The van der Waals surface area contributed by atoms with E-state index >= 15 is 0 Å². The fraction of sp³-hybridized carbons (Fsp3) is 0.640. The molecule has 8 nitrogen and oxygen atoms in total. The highest BCUT2D eigenvalue weighted by Gasteiger charge is 2.48. The number of amides is 2. The number of anilines is 1. The molecule has 1 saturated heterocycles. The van der Waals surface area contributed by atoms with Gasteiger partial charge in [0.25, 0.3) is 11.8 Å². The standard InChI is InChI=1S/C25H33F6N5O3S/c1-13-8-7-9-36(13)21(38)18(34-14(2)20(37)33-12-22(3,4)39)19(40)15-11-32-17(10-16(15)24(26,27)28)35-23(5,6)25(29,30)31/h10-11,13,18,39H,7-9,12H2,1-6H3,(H,32,35)(H,33,37)/t13-,18?/m0/s1. The molecule has 0 aromatic carbocycles. The molecule has 0 spiro atoms. The summed E-state index contributed by atoms with van der Waals surface area (Å²) in [6.07, 6.45) is -7.95. The molecule has 0 bridgehead atoms. The molecule has 1 aliphatic rings. The van der Waals surface area contributed by atoms with Gasteiger partial charge in [-0.15, -0.1) is 0 Å². The van der Waals surface area contributed by atoms with Crippen molar-refractivity contribution in [2.45, 2.75) is 90.0 Å². The number of thiocarbonyl (C=S) groups is 1. The number of aliphatic imine (C=N–C) groups is 1. The minimum Gasteiger partial charge on any atom is -0.389 e. The Morgan fingerprint density at radius 3 is 2.27 bits per heavy atom. The van der Waals surface area contributed by atoms with Gasteiger partial charge in [0.15, 0.2) is 6.04 Å². The zero-order valence-corrected chi connectivity index (χ0v) is 23.7. The Morgan fingerprint density at radius 2 is 1.80 bits per heavy atom. The predicted molar refractivity (Wildman–Crippen MR) is 141 cm³/mol. The summed E-state index contributed by atoms with van der Waals surface area (Å²) in [5.41, 5.74) is -6.29. The minimum atomic E-state index is -5.08. The quantitative estimate of drug-likeness (QED) is 0.170. The summed E-state index contributed by atoms with van der Waals surface area (Å²) in [6, 6.07) is -1.59. The number of hydrogen-bond acceptors (Lipinski definition) is 7. The molecule has 0 saturated carbocycles. The predicted octanol–water partition coefficient (Wildman–Crippen LogP) is 4.30. The van der Waals surface area contributed by atoms with Crippen LogP contribution in [0, 0.1) is 0 Å². The van der Waals surface area contributed by atoms with Gasteiger partial charge in [-0.2, -0.15) is 26.3 Å². The molecule has 1 fully saturated rings. The maximum Gasteiger partial charge on any atom is 0.417 e. The Balaban J connectivity index is 2.57. The van der Waals surface area contributed by atoms with Crippen LogP contribution in [-0.2, 0) is 15.8 Å². The number of halogens is 6. The molecule has 40 heavy (non-hydrogen) atoms.